The second-order valence-electron chi connectivity index (χ2n) is 2.90. The third kappa shape index (κ3) is 1.41. The number of ether oxygens (including phenoxy) is 1. The summed E-state index contributed by atoms with van der Waals surface area (Å²) in [5.41, 5.74) is 0.456. The second kappa shape index (κ2) is 2.93. The highest BCUT2D eigenvalue weighted by molar-refractivity contribution is 7.80. The van der Waals surface area contributed by atoms with Crippen LogP contribution >= 0.6 is 12.6 Å². The molecule has 0 aliphatic carbocycles. The molecule has 0 unspecified atom stereocenters. The summed E-state index contributed by atoms with van der Waals surface area (Å²) in [5, 5.41) is 0. The van der Waals surface area contributed by atoms with Crippen LogP contribution in [-0.4, -0.2) is 19.0 Å². The molecule has 0 bridgehead atoms. The molecule has 0 aromatic carbocycles. The average molecular weight is 146 g/mol. The van der Waals surface area contributed by atoms with Crippen LogP contribution in [0.15, 0.2) is 0 Å². The van der Waals surface area contributed by atoms with Gasteiger partial charge < -0.3 is 4.74 Å². The van der Waals surface area contributed by atoms with Gasteiger partial charge in [-0.25, -0.2) is 0 Å². The maximum atomic E-state index is 5.13. The predicted molar refractivity (Wildman–Crippen MR) is 42.0 cm³/mol. The molecule has 9 heavy (non-hydrogen) atoms. The van der Waals surface area contributed by atoms with Crippen molar-refractivity contribution in [3.05, 3.63) is 0 Å². The van der Waals surface area contributed by atoms with Gasteiger partial charge in [0.05, 0.1) is 13.2 Å². The molecule has 1 aliphatic rings. The van der Waals surface area contributed by atoms with Crippen molar-refractivity contribution in [2.75, 3.05) is 19.0 Å². The van der Waals surface area contributed by atoms with Gasteiger partial charge in [0.25, 0.3) is 0 Å². The summed E-state index contributed by atoms with van der Waals surface area (Å²) in [7, 11) is 0. The summed E-state index contributed by atoms with van der Waals surface area (Å²) in [4.78, 5) is 0. The zero-order valence-electron chi connectivity index (χ0n) is 5.89. The largest absolute Gasteiger partial charge is 0.380 e. The first-order chi connectivity index (χ1) is 4.33. The van der Waals surface area contributed by atoms with Crippen LogP contribution in [0.25, 0.3) is 0 Å². The highest BCUT2D eigenvalue weighted by atomic mass is 32.1. The van der Waals surface area contributed by atoms with Crippen molar-refractivity contribution in [1.29, 1.82) is 0 Å². The van der Waals surface area contributed by atoms with E-state index in [-0.39, 0.29) is 0 Å². The van der Waals surface area contributed by atoms with E-state index in [1.165, 1.54) is 12.8 Å². The Labute approximate surface area is 62.2 Å². The van der Waals surface area contributed by atoms with E-state index >= 15 is 0 Å². The molecule has 1 heterocycles. The van der Waals surface area contributed by atoms with Crippen molar-refractivity contribution in [3.8, 4) is 0 Å². The smallest absolute Gasteiger partial charge is 0.0552 e. The predicted octanol–water partition coefficient (Wildman–Crippen LogP) is 1.73. The Morgan fingerprint density at radius 2 is 2.22 bits per heavy atom. The Morgan fingerprint density at radius 1 is 1.56 bits per heavy atom. The van der Waals surface area contributed by atoms with Crippen molar-refractivity contribution in [2.45, 2.75) is 19.8 Å². The summed E-state index contributed by atoms with van der Waals surface area (Å²) >= 11 is 4.29. The third-order valence-electron chi connectivity index (χ3n) is 1.93. The Balaban J connectivity index is 2.28. The fourth-order valence-electron chi connectivity index (χ4n) is 1.24. The summed E-state index contributed by atoms with van der Waals surface area (Å²) < 4.78 is 5.13. The molecule has 0 aromatic rings. The normalized spacial score (nSPS) is 23.3. The molecule has 0 aromatic heterocycles. The van der Waals surface area contributed by atoms with Gasteiger partial charge in [0.1, 0.15) is 0 Å². The van der Waals surface area contributed by atoms with E-state index in [2.05, 4.69) is 19.6 Å². The highest BCUT2D eigenvalue weighted by Gasteiger charge is 2.35. The topological polar surface area (TPSA) is 9.23 Å². The fourth-order valence-corrected chi connectivity index (χ4v) is 1.58. The van der Waals surface area contributed by atoms with E-state index in [0.29, 0.717) is 5.41 Å². The lowest BCUT2D eigenvalue weighted by molar-refractivity contribution is -0.102. The second-order valence-corrected chi connectivity index (χ2v) is 3.22. The number of hydrogen-bond acceptors (Lipinski definition) is 2. The molecule has 1 nitrogen and oxygen atoms in total. The summed E-state index contributed by atoms with van der Waals surface area (Å²) in [5.74, 6) is 0.987. The van der Waals surface area contributed by atoms with Crippen LogP contribution in [0.3, 0.4) is 0 Å². The van der Waals surface area contributed by atoms with E-state index in [4.69, 9.17) is 4.74 Å². The van der Waals surface area contributed by atoms with E-state index in [1.54, 1.807) is 0 Å². The van der Waals surface area contributed by atoms with Gasteiger partial charge in [0, 0.05) is 11.2 Å². The molecule has 0 amide bonds. The molecule has 1 fully saturated rings. The third-order valence-corrected chi connectivity index (χ3v) is 2.60. The van der Waals surface area contributed by atoms with Gasteiger partial charge in [-0.1, -0.05) is 13.3 Å². The molecule has 1 rings (SSSR count). The van der Waals surface area contributed by atoms with Crippen molar-refractivity contribution < 1.29 is 4.74 Å². The minimum Gasteiger partial charge on any atom is -0.380 e. The maximum Gasteiger partial charge on any atom is 0.0552 e. The van der Waals surface area contributed by atoms with Crippen molar-refractivity contribution >= 4 is 12.6 Å². The van der Waals surface area contributed by atoms with Crippen LogP contribution in [0.1, 0.15) is 19.8 Å². The SMILES string of the molecule is CCCC1(CS)COC1. The van der Waals surface area contributed by atoms with Crippen LogP contribution in [0.2, 0.25) is 0 Å². The van der Waals surface area contributed by atoms with Gasteiger partial charge in [-0.3, -0.25) is 0 Å². The van der Waals surface area contributed by atoms with Crippen LogP contribution in [0.5, 0.6) is 0 Å². The molecular formula is C7H14OS. The lowest BCUT2D eigenvalue weighted by Crippen LogP contribution is -2.43. The van der Waals surface area contributed by atoms with Gasteiger partial charge in [0.15, 0.2) is 0 Å². The van der Waals surface area contributed by atoms with Crippen molar-refractivity contribution in [3.63, 3.8) is 0 Å². The molecule has 0 atom stereocenters. The Hall–Kier alpha value is 0.310. The first-order valence-corrected chi connectivity index (χ1v) is 4.15. The van der Waals surface area contributed by atoms with Gasteiger partial charge in [-0.2, -0.15) is 12.6 Å². The zero-order chi connectivity index (χ0) is 6.74. The van der Waals surface area contributed by atoms with E-state index in [1.807, 2.05) is 0 Å². The van der Waals surface area contributed by atoms with Crippen LogP contribution in [0.4, 0.5) is 0 Å². The lowest BCUT2D eigenvalue weighted by atomic mass is 9.84. The number of hydrogen-bond donors (Lipinski definition) is 1. The monoisotopic (exact) mass is 146 g/mol. The molecule has 1 saturated heterocycles. The van der Waals surface area contributed by atoms with E-state index < -0.39 is 0 Å². The van der Waals surface area contributed by atoms with Gasteiger partial charge in [-0.15, -0.1) is 0 Å². The lowest BCUT2D eigenvalue weighted by Gasteiger charge is -2.40. The van der Waals surface area contributed by atoms with Crippen molar-refractivity contribution in [2.24, 2.45) is 5.41 Å². The molecule has 0 saturated carbocycles. The van der Waals surface area contributed by atoms with Gasteiger partial charge in [0.2, 0.25) is 0 Å². The maximum absolute atomic E-state index is 5.13. The Bertz CT molecular complexity index is 83.4. The highest BCUT2D eigenvalue weighted by Crippen LogP contribution is 2.33. The molecule has 0 radical (unpaired) electrons. The standard InChI is InChI=1S/C7H14OS/c1-2-3-7(6-9)4-8-5-7/h9H,2-6H2,1H3. The van der Waals surface area contributed by atoms with E-state index in [9.17, 15) is 0 Å². The average Bonchev–Trinajstić information content (AvgIpc) is 1.79. The first-order valence-electron chi connectivity index (χ1n) is 3.51. The summed E-state index contributed by atoms with van der Waals surface area (Å²) in [6.45, 7) is 4.08. The van der Waals surface area contributed by atoms with E-state index in [0.717, 1.165) is 19.0 Å². The molecule has 2 heteroatoms. The van der Waals surface area contributed by atoms with Crippen LogP contribution in [0, 0.1) is 5.41 Å². The molecule has 0 N–H and O–H groups in total. The quantitative estimate of drug-likeness (QED) is 0.597. The van der Waals surface area contributed by atoms with Gasteiger partial charge in [-0.05, 0) is 6.42 Å². The molecule has 0 spiro atoms. The number of rotatable bonds is 3. The molecule has 54 valence electrons. The Morgan fingerprint density at radius 3 is 2.33 bits per heavy atom. The van der Waals surface area contributed by atoms with Crippen molar-refractivity contribution in [1.82, 2.24) is 0 Å². The summed E-state index contributed by atoms with van der Waals surface area (Å²) in [6, 6.07) is 0. The van der Waals surface area contributed by atoms with Gasteiger partial charge >= 0.3 is 0 Å². The Kier molecular flexibility index (Phi) is 2.42. The summed E-state index contributed by atoms with van der Waals surface area (Å²) in [6.07, 6.45) is 2.53. The van der Waals surface area contributed by atoms with Crippen LogP contribution < -0.4 is 0 Å². The minimum absolute atomic E-state index is 0.456. The minimum atomic E-state index is 0.456. The molecule has 1 aliphatic heterocycles. The molecular weight excluding hydrogens is 132 g/mol. The fraction of sp³-hybridized carbons (Fsp3) is 1.00. The number of thiol groups is 1. The zero-order valence-corrected chi connectivity index (χ0v) is 6.79. The van der Waals surface area contributed by atoms with Crippen LogP contribution in [-0.2, 0) is 4.74 Å². The first kappa shape index (κ1) is 7.42.